The number of aromatic nitrogens is 5. The van der Waals surface area contributed by atoms with Crippen LogP contribution in [0.15, 0.2) is 114 Å². The van der Waals surface area contributed by atoms with E-state index < -0.39 is 5.60 Å². The number of amides is 2. The Morgan fingerprint density at radius 2 is 1.59 bits per heavy atom. The number of hydrogen-bond acceptors (Lipinski definition) is 8. The molecule has 13 heteroatoms. The number of nitrogens with zero attached hydrogens (tertiary/aromatic N) is 6. The lowest BCUT2D eigenvalue weighted by molar-refractivity contribution is -0.135. The first kappa shape index (κ1) is 44.8. The Morgan fingerprint density at radius 3 is 2.35 bits per heavy atom. The summed E-state index contributed by atoms with van der Waals surface area (Å²) in [6.45, 7) is 8.24. The van der Waals surface area contributed by atoms with Gasteiger partial charge < -0.3 is 25.2 Å². The predicted octanol–water partition coefficient (Wildman–Crippen LogP) is 8.52. The first-order valence-corrected chi connectivity index (χ1v) is 24.1. The van der Waals surface area contributed by atoms with E-state index in [0.29, 0.717) is 62.9 Å². The van der Waals surface area contributed by atoms with E-state index in [-0.39, 0.29) is 29.4 Å². The largest absolute Gasteiger partial charge is 0.388 e. The van der Waals surface area contributed by atoms with Gasteiger partial charge in [-0.1, -0.05) is 72.8 Å². The second-order valence-corrected chi connectivity index (χ2v) is 18.8. The van der Waals surface area contributed by atoms with E-state index in [9.17, 15) is 19.5 Å². The molecule has 340 valence electrons. The number of thiophene rings is 1. The molecule has 1 fully saturated rings. The molecule has 5 heterocycles. The highest BCUT2D eigenvalue weighted by Crippen LogP contribution is 2.35. The third-order valence-corrected chi connectivity index (χ3v) is 14.2. The zero-order valence-electron chi connectivity index (χ0n) is 38.1. The van der Waals surface area contributed by atoms with E-state index in [4.69, 9.17) is 0 Å². The van der Waals surface area contributed by atoms with Crippen molar-refractivity contribution in [1.82, 2.24) is 39.4 Å². The van der Waals surface area contributed by atoms with Gasteiger partial charge in [0.15, 0.2) is 5.52 Å². The Morgan fingerprint density at radius 1 is 0.818 bits per heavy atom. The molecule has 0 radical (unpaired) electrons. The molecule has 4 aromatic heterocycles. The number of carbonyl (C=O) groups excluding carboxylic acids is 2. The summed E-state index contributed by atoms with van der Waals surface area (Å²) in [5.74, 6) is 0.0991. The lowest BCUT2D eigenvalue weighted by Crippen LogP contribution is -2.49. The zero-order valence-corrected chi connectivity index (χ0v) is 38.9. The molecule has 0 unspecified atom stereocenters. The monoisotopic (exact) mass is 902 g/mol. The Kier molecular flexibility index (Phi) is 13.3. The molecular formula is C53H58N8O4S. The molecule has 1 saturated heterocycles. The molecule has 3 N–H and O–H groups in total. The highest BCUT2D eigenvalue weighted by molar-refractivity contribution is 7.13. The van der Waals surface area contributed by atoms with Gasteiger partial charge in [0.1, 0.15) is 5.52 Å². The van der Waals surface area contributed by atoms with Gasteiger partial charge in [-0.2, -0.15) is 5.10 Å². The normalized spacial score (nSPS) is 13.8. The Hall–Kier alpha value is -6.41. The molecule has 8 aromatic rings. The molecule has 0 spiro atoms. The van der Waals surface area contributed by atoms with Crippen molar-refractivity contribution >= 4 is 56.0 Å². The number of unbranched alkanes of at least 4 members (excludes halogenated alkanes) is 1. The number of benzene rings is 4. The van der Waals surface area contributed by atoms with Crippen LogP contribution in [0.5, 0.6) is 0 Å². The maximum absolute atomic E-state index is 13.7. The number of likely N-dealkylation sites (tertiary alicyclic amines) is 1. The fourth-order valence-electron chi connectivity index (χ4n) is 9.40. The van der Waals surface area contributed by atoms with Crippen molar-refractivity contribution in [1.29, 1.82) is 0 Å². The van der Waals surface area contributed by atoms with Crippen LogP contribution in [0.1, 0.15) is 67.7 Å². The second-order valence-electron chi connectivity index (χ2n) is 17.9. The standard InChI is InChI=1S/C53H58N8O4S/c1-4-61-44-21-15-39(29-43(44)42-20-19-41(30-45(42)61)46-28-36(2)33-66-46)31-54-25-9-8-12-47(62)55-32-38-13-17-40(18-14-38)51-49-50(57-58(51)3)52(64)60(35-56-49)34-53(65)23-26-59(27-24-53)48(63)22-16-37-10-6-5-7-11-37/h5-7,10-11,13-15,17-21,28-30,33,35,54,65H,4,8-9,12,16,22-27,31-32,34H2,1-3H3,(H,55,62). The highest BCUT2D eigenvalue weighted by Gasteiger charge is 2.35. The van der Waals surface area contributed by atoms with Gasteiger partial charge in [-0.3, -0.25) is 23.6 Å². The molecule has 0 saturated carbocycles. The summed E-state index contributed by atoms with van der Waals surface area (Å²) in [5, 5.41) is 27.4. The molecule has 1 aliphatic rings. The lowest BCUT2D eigenvalue weighted by atomic mass is 9.91. The summed E-state index contributed by atoms with van der Waals surface area (Å²) in [6.07, 6.45) is 5.50. The summed E-state index contributed by atoms with van der Waals surface area (Å²) < 4.78 is 5.51. The number of nitrogens with one attached hydrogen (secondary N) is 2. The van der Waals surface area contributed by atoms with Crippen molar-refractivity contribution in [3.05, 3.63) is 141 Å². The van der Waals surface area contributed by atoms with Gasteiger partial charge >= 0.3 is 0 Å². The molecule has 9 rings (SSSR count). The predicted molar refractivity (Wildman–Crippen MR) is 264 cm³/mol. The first-order valence-electron chi connectivity index (χ1n) is 23.2. The number of aliphatic hydroxyl groups is 1. The van der Waals surface area contributed by atoms with Crippen LogP contribution < -0.4 is 16.2 Å². The number of carbonyl (C=O) groups is 2. The van der Waals surface area contributed by atoms with Gasteiger partial charge in [-0.15, -0.1) is 11.3 Å². The van der Waals surface area contributed by atoms with Gasteiger partial charge in [-0.25, -0.2) is 4.98 Å². The summed E-state index contributed by atoms with van der Waals surface area (Å²) in [4.78, 5) is 47.1. The van der Waals surface area contributed by atoms with Crippen molar-refractivity contribution < 1.29 is 14.7 Å². The van der Waals surface area contributed by atoms with Crippen molar-refractivity contribution in [2.75, 3.05) is 19.6 Å². The van der Waals surface area contributed by atoms with Crippen LogP contribution in [-0.4, -0.2) is 71.0 Å². The van der Waals surface area contributed by atoms with Gasteiger partial charge in [0.2, 0.25) is 11.8 Å². The van der Waals surface area contributed by atoms with Gasteiger partial charge in [-0.05, 0) is 110 Å². The zero-order chi connectivity index (χ0) is 45.8. The molecule has 66 heavy (non-hydrogen) atoms. The van der Waals surface area contributed by atoms with Gasteiger partial charge in [0, 0.05) is 84.9 Å². The Labute approximate surface area is 388 Å². The van der Waals surface area contributed by atoms with Crippen LogP contribution in [0.2, 0.25) is 0 Å². The molecule has 0 atom stereocenters. The van der Waals surface area contributed by atoms with Gasteiger partial charge in [0.25, 0.3) is 5.56 Å². The molecule has 12 nitrogen and oxygen atoms in total. The molecule has 1 aliphatic heterocycles. The average molecular weight is 903 g/mol. The van der Waals surface area contributed by atoms with Crippen LogP contribution in [0.4, 0.5) is 0 Å². The van der Waals surface area contributed by atoms with Crippen LogP contribution in [0.3, 0.4) is 0 Å². The molecule has 4 aromatic carbocycles. The maximum Gasteiger partial charge on any atom is 0.281 e. The quantitative estimate of drug-likeness (QED) is 0.0779. The molecule has 0 aliphatic carbocycles. The summed E-state index contributed by atoms with van der Waals surface area (Å²) in [6, 6.07) is 33.7. The summed E-state index contributed by atoms with van der Waals surface area (Å²) in [5.41, 5.74) is 9.25. The van der Waals surface area contributed by atoms with E-state index in [2.05, 4.69) is 87.0 Å². The molecule has 0 bridgehead atoms. The van der Waals surface area contributed by atoms with Crippen LogP contribution in [0.25, 0.3) is 54.5 Å². The van der Waals surface area contributed by atoms with E-state index >= 15 is 0 Å². The van der Waals surface area contributed by atoms with Crippen LogP contribution >= 0.6 is 11.3 Å². The Balaban J connectivity index is 0.722. The summed E-state index contributed by atoms with van der Waals surface area (Å²) in [7, 11) is 1.79. The van der Waals surface area contributed by atoms with E-state index in [1.807, 2.05) is 59.5 Å². The highest BCUT2D eigenvalue weighted by atomic mass is 32.1. The lowest BCUT2D eigenvalue weighted by Gasteiger charge is -2.38. The molecular weight excluding hydrogens is 845 g/mol. The topological polar surface area (TPSA) is 139 Å². The van der Waals surface area contributed by atoms with Crippen molar-refractivity contribution in [2.24, 2.45) is 7.05 Å². The number of rotatable bonds is 17. The maximum atomic E-state index is 13.7. The van der Waals surface area contributed by atoms with Crippen molar-refractivity contribution in [3.8, 4) is 21.7 Å². The first-order chi connectivity index (χ1) is 32.1. The van der Waals surface area contributed by atoms with E-state index in [1.54, 1.807) is 23.1 Å². The molecule has 2 amide bonds. The second kappa shape index (κ2) is 19.6. The minimum absolute atomic E-state index is 0.0230. The Bertz CT molecular complexity index is 3070. The van der Waals surface area contributed by atoms with Gasteiger partial charge in [0.05, 0.1) is 24.2 Å². The fraction of sp³-hybridized carbons (Fsp3) is 0.340. The number of fused-ring (bicyclic) bond motifs is 4. The number of piperidine rings is 1. The minimum atomic E-state index is -1.14. The van der Waals surface area contributed by atoms with E-state index in [1.165, 1.54) is 54.3 Å². The number of hydrogen-bond donors (Lipinski definition) is 3. The van der Waals surface area contributed by atoms with Crippen molar-refractivity contribution in [2.45, 2.75) is 90.6 Å². The fourth-order valence-corrected chi connectivity index (χ4v) is 10.3. The third-order valence-electron chi connectivity index (χ3n) is 13.1. The minimum Gasteiger partial charge on any atom is -0.388 e. The third kappa shape index (κ3) is 9.74. The SMILES string of the molecule is CCn1c2ccc(CNCCCCC(=O)NCc3ccc(-c4c5ncn(CC6(O)CCN(C(=O)CCc7ccccc7)CC6)c(=O)c5nn4C)cc3)cc2c2ccc(-c3cc(C)cs3)cc21. The van der Waals surface area contributed by atoms with Crippen LogP contribution in [0, 0.1) is 6.92 Å². The number of aryl methyl sites for hydroxylation is 4. The van der Waals surface area contributed by atoms with E-state index in [0.717, 1.165) is 49.2 Å². The van der Waals surface area contributed by atoms with Crippen LogP contribution in [-0.2, 0) is 49.2 Å². The smallest absolute Gasteiger partial charge is 0.281 e. The van der Waals surface area contributed by atoms with Crippen molar-refractivity contribution in [3.63, 3.8) is 0 Å². The summed E-state index contributed by atoms with van der Waals surface area (Å²) >= 11 is 1.80. The average Bonchev–Trinajstić information content (AvgIpc) is 4.02.